The number of methoxy groups -OCH3 is 1. The van der Waals surface area contributed by atoms with Crippen molar-refractivity contribution in [2.24, 2.45) is 0 Å². The molecule has 2 rings (SSSR count). The zero-order valence-corrected chi connectivity index (χ0v) is 9.65. The van der Waals surface area contributed by atoms with Crippen molar-refractivity contribution in [2.45, 2.75) is 6.18 Å². The molecule has 0 atom stereocenters. The van der Waals surface area contributed by atoms with Gasteiger partial charge in [-0.15, -0.1) is 0 Å². The Balaban J connectivity index is 2.20. The number of thiazole rings is 1. The van der Waals surface area contributed by atoms with Crippen LogP contribution in [0.2, 0.25) is 0 Å². The second-order valence-electron chi connectivity index (χ2n) is 3.32. The Morgan fingerprint density at radius 2 is 2.18 bits per heavy atom. The number of nitrogens with zero attached hydrogens (tertiary/aromatic N) is 1. The molecule has 0 spiro atoms. The molecule has 0 fully saturated rings. The molecular weight excluding hydrogens is 253 g/mol. The van der Waals surface area contributed by atoms with E-state index in [1.54, 1.807) is 18.2 Å². The van der Waals surface area contributed by atoms with Crippen molar-refractivity contribution >= 4 is 26.7 Å². The van der Waals surface area contributed by atoms with E-state index in [0.717, 1.165) is 4.70 Å². The molecule has 1 aromatic heterocycles. The van der Waals surface area contributed by atoms with E-state index in [2.05, 4.69) is 10.3 Å². The number of rotatable bonds is 3. The van der Waals surface area contributed by atoms with Crippen LogP contribution in [-0.4, -0.2) is 24.8 Å². The first-order valence-electron chi connectivity index (χ1n) is 4.73. The fraction of sp³-hybridized carbons (Fsp3) is 0.300. The molecule has 7 heteroatoms. The molecule has 1 aromatic carbocycles. The predicted molar refractivity (Wildman–Crippen MR) is 60.7 cm³/mol. The van der Waals surface area contributed by atoms with Crippen molar-refractivity contribution in [3.05, 3.63) is 18.2 Å². The van der Waals surface area contributed by atoms with E-state index in [0.29, 0.717) is 11.3 Å². The molecule has 17 heavy (non-hydrogen) atoms. The minimum atomic E-state index is -4.24. The molecule has 92 valence electrons. The maximum atomic E-state index is 12.0. The Labute approximate surface area is 99.2 Å². The SMILES string of the molecule is COc1ccc2nc(NCC(F)(F)F)sc2c1. The predicted octanol–water partition coefficient (Wildman–Crippen LogP) is 3.28. The van der Waals surface area contributed by atoms with Gasteiger partial charge in [-0.05, 0) is 18.2 Å². The molecule has 3 nitrogen and oxygen atoms in total. The van der Waals surface area contributed by atoms with Gasteiger partial charge < -0.3 is 10.1 Å². The normalized spacial score (nSPS) is 11.8. The molecule has 1 N–H and O–H groups in total. The number of fused-ring (bicyclic) bond motifs is 1. The minimum absolute atomic E-state index is 0.255. The van der Waals surface area contributed by atoms with Crippen molar-refractivity contribution in [1.82, 2.24) is 4.98 Å². The summed E-state index contributed by atoms with van der Waals surface area (Å²) < 4.78 is 41.8. The van der Waals surface area contributed by atoms with E-state index >= 15 is 0 Å². The van der Waals surface area contributed by atoms with Gasteiger partial charge in [0.2, 0.25) is 0 Å². The molecule has 1 heterocycles. The van der Waals surface area contributed by atoms with Crippen LogP contribution in [0.4, 0.5) is 18.3 Å². The smallest absolute Gasteiger partial charge is 0.405 e. The highest BCUT2D eigenvalue weighted by molar-refractivity contribution is 7.22. The van der Waals surface area contributed by atoms with E-state index in [1.807, 2.05) is 0 Å². The first kappa shape index (κ1) is 12.0. The van der Waals surface area contributed by atoms with Gasteiger partial charge in [0.05, 0.1) is 17.3 Å². The lowest BCUT2D eigenvalue weighted by molar-refractivity contribution is -0.115. The molecule has 0 aliphatic rings. The van der Waals surface area contributed by atoms with E-state index in [-0.39, 0.29) is 5.13 Å². The van der Waals surface area contributed by atoms with Crippen LogP contribution in [0.25, 0.3) is 10.2 Å². The standard InChI is InChI=1S/C10H9F3N2OS/c1-16-6-2-3-7-8(4-6)17-9(15-7)14-5-10(11,12)13/h2-4H,5H2,1H3,(H,14,15). The van der Waals surface area contributed by atoms with Crippen molar-refractivity contribution in [2.75, 3.05) is 19.0 Å². The van der Waals surface area contributed by atoms with Crippen LogP contribution in [0.15, 0.2) is 18.2 Å². The van der Waals surface area contributed by atoms with Gasteiger partial charge in [-0.1, -0.05) is 11.3 Å². The number of alkyl halides is 3. The van der Waals surface area contributed by atoms with Crippen LogP contribution in [0.5, 0.6) is 5.75 Å². The summed E-state index contributed by atoms with van der Waals surface area (Å²) in [5.74, 6) is 0.656. The Bertz CT molecular complexity index is 524. The van der Waals surface area contributed by atoms with Crippen molar-refractivity contribution in [1.29, 1.82) is 0 Å². The topological polar surface area (TPSA) is 34.1 Å². The minimum Gasteiger partial charge on any atom is -0.497 e. The van der Waals surface area contributed by atoms with Crippen LogP contribution in [0, 0.1) is 0 Å². The summed E-state index contributed by atoms with van der Waals surface area (Å²) in [5, 5.41) is 2.51. The average Bonchev–Trinajstić information content (AvgIpc) is 2.66. The third-order valence-electron chi connectivity index (χ3n) is 2.04. The van der Waals surface area contributed by atoms with Gasteiger partial charge in [0.1, 0.15) is 12.3 Å². The molecular formula is C10H9F3N2OS. The number of hydrogen-bond acceptors (Lipinski definition) is 4. The van der Waals surface area contributed by atoms with Gasteiger partial charge in [-0.2, -0.15) is 13.2 Å². The zero-order valence-electron chi connectivity index (χ0n) is 8.84. The number of nitrogens with one attached hydrogen (secondary N) is 1. The molecule has 0 bridgehead atoms. The van der Waals surface area contributed by atoms with E-state index in [1.165, 1.54) is 18.4 Å². The molecule has 0 aliphatic carbocycles. The molecule has 0 radical (unpaired) electrons. The largest absolute Gasteiger partial charge is 0.497 e. The van der Waals surface area contributed by atoms with Crippen LogP contribution < -0.4 is 10.1 Å². The summed E-state index contributed by atoms with van der Waals surface area (Å²) in [7, 11) is 1.53. The number of ether oxygens (including phenoxy) is 1. The van der Waals surface area contributed by atoms with Gasteiger partial charge in [0.25, 0.3) is 0 Å². The lowest BCUT2D eigenvalue weighted by Gasteiger charge is -2.05. The Hall–Kier alpha value is -1.50. The summed E-state index contributed by atoms with van der Waals surface area (Å²) in [6.45, 7) is -1.08. The summed E-state index contributed by atoms with van der Waals surface area (Å²) in [5.41, 5.74) is 0.653. The molecule has 0 saturated carbocycles. The summed E-state index contributed by atoms with van der Waals surface area (Å²) >= 11 is 1.17. The Morgan fingerprint density at radius 1 is 1.41 bits per heavy atom. The lowest BCUT2D eigenvalue weighted by Crippen LogP contribution is -2.21. The van der Waals surface area contributed by atoms with Gasteiger partial charge in [-0.25, -0.2) is 4.98 Å². The highest BCUT2D eigenvalue weighted by Gasteiger charge is 2.27. The second-order valence-corrected chi connectivity index (χ2v) is 4.35. The fourth-order valence-electron chi connectivity index (χ4n) is 1.28. The van der Waals surface area contributed by atoms with Crippen molar-refractivity contribution < 1.29 is 17.9 Å². The number of benzene rings is 1. The summed E-state index contributed by atoms with van der Waals surface area (Å²) in [4.78, 5) is 4.04. The van der Waals surface area contributed by atoms with E-state index in [4.69, 9.17) is 4.74 Å². The van der Waals surface area contributed by atoms with Crippen LogP contribution >= 0.6 is 11.3 Å². The fourth-order valence-corrected chi connectivity index (χ4v) is 2.17. The highest BCUT2D eigenvalue weighted by Crippen LogP contribution is 2.29. The molecule has 0 amide bonds. The Morgan fingerprint density at radius 3 is 2.82 bits per heavy atom. The first-order chi connectivity index (χ1) is 7.98. The summed E-state index contributed by atoms with van der Waals surface area (Å²) in [6.07, 6.45) is -4.24. The average molecular weight is 262 g/mol. The van der Waals surface area contributed by atoms with Gasteiger partial charge in [0.15, 0.2) is 5.13 Å². The third kappa shape index (κ3) is 3.00. The molecule has 2 aromatic rings. The van der Waals surface area contributed by atoms with Crippen molar-refractivity contribution in [3.8, 4) is 5.75 Å². The number of hydrogen-bond donors (Lipinski definition) is 1. The van der Waals surface area contributed by atoms with Crippen LogP contribution in [0.1, 0.15) is 0 Å². The maximum absolute atomic E-state index is 12.0. The zero-order chi connectivity index (χ0) is 12.5. The highest BCUT2D eigenvalue weighted by atomic mass is 32.1. The number of aromatic nitrogens is 1. The van der Waals surface area contributed by atoms with Crippen LogP contribution in [0.3, 0.4) is 0 Å². The molecule has 0 aliphatic heterocycles. The van der Waals surface area contributed by atoms with Crippen LogP contribution in [-0.2, 0) is 0 Å². The molecule has 0 saturated heterocycles. The van der Waals surface area contributed by atoms with E-state index in [9.17, 15) is 13.2 Å². The number of anilines is 1. The molecule has 0 unspecified atom stereocenters. The van der Waals surface area contributed by atoms with E-state index < -0.39 is 12.7 Å². The number of halogens is 3. The van der Waals surface area contributed by atoms with Gasteiger partial charge in [0, 0.05) is 0 Å². The lowest BCUT2D eigenvalue weighted by atomic mass is 10.3. The quantitative estimate of drug-likeness (QED) is 0.921. The maximum Gasteiger partial charge on any atom is 0.405 e. The van der Waals surface area contributed by atoms with Crippen molar-refractivity contribution in [3.63, 3.8) is 0 Å². The second kappa shape index (κ2) is 4.40. The Kier molecular flexibility index (Phi) is 3.10. The monoisotopic (exact) mass is 262 g/mol. The van der Waals surface area contributed by atoms with Gasteiger partial charge >= 0.3 is 6.18 Å². The van der Waals surface area contributed by atoms with Gasteiger partial charge in [-0.3, -0.25) is 0 Å². The first-order valence-corrected chi connectivity index (χ1v) is 5.55. The summed E-state index contributed by atoms with van der Waals surface area (Å²) in [6, 6.07) is 5.17. The third-order valence-corrected chi connectivity index (χ3v) is 3.01.